The van der Waals surface area contributed by atoms with Crippen molar-refractivity contribution < 1.29 is 14.2 Å². The molecule has 2 atom stereocenters. The lowest BCUT2D eigenvalue weighted by molar-refractivity contribution is 0.101. The van der Waals surface area contributed by atoms with Crippen molar-refractivity contribution in [3.8, 4) is 28.7 Å². The maximum atomic E-state index is 5.75. The Hall–Kier alpha value is -3.64. The first-order valence-corrected chi connectivity index (χ1v) is 12.3. The highest BCUT2D eigenvalue weighted by Gasteiger charge is 2.26. The van der Waals surface area contributed by atoms with Crippen LogP contribution in [0.25, 0.3) is 17.2 Å². The van der Waals surface area contributed by atoms with E-state index in [4.69, 9.17) is 14.2 Å². The number of nitrogens with one attached hydrogen (secondary N) is 1. The molecule has 3 heterocycles. The molecule has 3 aromatic heterocycles. The lowest BCUT2D eigenvalue weighted by Gasteiger charge is -2.22. The molecule has 2 unspecified atom stereocenters. The molecule has 0 aliphatic carbocycles. The number of benzene rings is 1. The molecule has 36 heavy (non-hydrogen) atoms. The highest BCUT2D eigenvalue weighted by Crippen LogP contribution is 2.38. The first-order valence-electron chi connectivity index (χ1n) is 11.4. The van der Waals surface area contributed by atoms with E-state index in [0.717, 1.165) is 17.9 Å². The van der Waals surface area contributed by atoms with E-state index in [1.807, 2.05) is 60.5 Å². The Morgan fingerprint density at radius 1 is 1.03 bits per heavy atom. The van der Waals surface area contributed by atoms with Crippen LogP contribution in [-0.4, -0.2) is 61.1 Å². The van der Waals surface area contributed by atoms with Crippen molar-refractivity contribution in [2.75, 3.05) is 26.1 Å². The number of ether oxygens (including phenoxy) is 3. The van der Waals surface area contributed by atoms with E-state index in [1.165, 1.54) is 11.9 Å². The van der Waals surface area contributed by atoms with Gasteiger partial charge in [0.15, 0.2) is 5.82 Å². The fraction of sp³-hybridized carbons (Fsp3) is 0.375. The third kappa shape index (κ3) is 5.14. The van der Waals surface area contributed by atoms with Crippen LogP contribution in [-0.2, 0) is 11.3 Å². The van der Waals surface area contributed by atoms with Gasteiger partial charge in [-0.25, -0.2) is 0 Å². The second-order valence-electron chi connectivity index (χ2n) is 7.91. The summed E-state index contributed by atoms with van der Waals surface area (Å²) in [6.07, 6.45) is 5.10. The number of methoxy groups -OCH3 is 3. The van der Waals surface area contributed by atoms with E-state index in [9.17, 15) is 0 Å². The maximum Gasteiger partial charge on any atom is 0.239 e. The molecule has 0 saturated heterocycles. The lowest BCUT2D eigenvalue weighted by Crippen LogP contribution is -2.18. The zero-order chi connectivity index (χ0) is 25.7. The summed E-state index contributed by atoms with van der Waals surface area (Å²) < 4.78 is 24.2. The normalized spacial score (nSPS) is 12.8. The lowest BCUT2D eigenvalue weighted by atomic mass is 10.2. The smallest absolute Gasteiger partial charge is 0.239 e. The molecule has 1 N–H and O–H groups in total. The summed E-state index contributed by atoms with van der Waals surface area (Å²) in [5, 5.41) is 13.5. The van der Waals surface area contributed by atoms with Crippen molar-refractivity contribution in [1.29, 1.82) is 0 Å². The van der Waals surface area contributed by atoms with Gasteiger partial charge in [-0.15, -0.1) is 10.2 Å². The van der Waals surface area contributed by atoms with E-state index in [2.05, 4.69) is 30.0 Å². The van der Waals surface area contributed by atoms with E-state index >= 15 is 0 Å². The van der Waals surface area contributed by atoms with Crippen molar-refractivity contribution in [2.45, 2.75) is 38.7 Å². The van der Waals surface area contributed by atoms with Gasteiger partial charge in [-0.1, -0.05) is 6.07 Å². The highest BCUT2D eigenvalue weighted by molar-refractivity contribution is 8.01. The van der Waals surface area contributed by atoms with Crippen LogP contribution in [0.1, 0.15) is 31.3 Å². The molecule has 0 aliphatic heterocycles. The van der Waals surface area contributed by atoms with Crippen molar-refractivity contribution in [2.24, 2.45) is 0 Å². The Labute approximate surface area is 214 Å². The zero-order valence-corrected chi connectivity index (χ0v) is 22.0. The molecule has 12 heteroatoms. The molecule has 11 nitrogen and oxygen atoms in total. The Morgan fingerprint density at radius 2 is 1.78 bits per heavy atom. The third-order valence-electron chi connectivity index (χ3n) is 5.59. The Morgan fingerprint density at radius 3 is 2.36 bits per heavy atom. The molecule has 0 aliphatic rings. The number of hydrogen-bond donors (Lipinski definition) is 1. The molecule has 0 bridgehead atoms. The minimum absolute atomic E-state index is 0.0422. The van der Waals surface area contributed by atoms with Crippen LogP contribution in [0.15, 0.2) is 42.9 Å². The minimum atomic E-state index is -0.285. The van der Waals surface area contributed by atoms with E-state index in [0.29, 0.717) is 34.7 Å². The predicted molar refractivity (Wildman–Crippen MR) is 139 cm³/mol. The summed E-state index contributed by atoms with van der Waals surface area (Å²) in [4.78, 5) is 8.84. The van der Waals surface area contributed by atoms with Crippen molar-refractivity contribution >= 4 is 17.9 Å². The molecule has 4 rings (SSSR count). The molecule has 0 saturated carbocycles. The molecule has 1 aromatic carbocycles. The second kappa shape index (κ2) is 11.4. The average molecular weight is 511 g/mol. The van der Waals surface area contributed by atoms with Crippen molar-refractivity contribution in [3.05, 3.63) is 54.2 Å². The van der Waals surface area contributed by atoms with Gasteiger partial charge in [0.1, 0.15) is 29.0 Å². The average Bonchev–Trinajstić information content (AvgIpc) is 3.55. The number of nitrogens with zero attached hydrogens (tertiary/aromatic N) is 7. The standard InChI is InChI=1S/C24H30N8O3S/c1-7-31-12-11-17(29-31)23-27-28-24(32(23)21-19(33-4)9-8-10-20(21)34-5)30-36-16(3)22(35-6)18-14-25-15(2)13-26-18/h8-14,16,22H,7H2,1-6H3,(H,28,30). The number of anilines is 1. The predicted octanol–water partition coefficient (Wildman–Crippen LogP) is 4.10. The molecular weight excluding hydrogens is 480 g/mol. The Bertz CT molecular complexity index is 1270. The first-order chi connectivity index (χ1) is 17.5. The minimum Gasteiger partial charge on any atom is -0.494 e. The second-order valence-corrected chi connectivity index (χ2v) is 9.10. The van der Waals surface area contributed by atoms with Gasteiger partial charge in [-0.05, 0) is 50.9 Å². The number of para-hydroxylation sites is 1. The summed E-state index contributed by atoms with van der Waals surface area (Å²) in [6, 6.07) is 7.50. The molecule has 4 aromatic rings. The van der Waals surface area contributed by atoms with Crippen LogP contribution in [0.2, 0.25) is 0 Å². The molecule has 0 spiro atoms. The summed E-state index contributed by atoms with van der Waals surface area (Å²) in [7, 11) is 4.89. The molecular formula is C24H30N8O3S. The zero-order valence-electron chi connectivity index (χ0n) is 21.2. The van der Waals surface area contributed by atoms with Crippen LogP contribution >= 0.6 is 11.9 Å². The maximum absolute atomic E-state index is 5.75. The van der Waals surface area contributed by atoms with Gasteiger partial charge in [0.05, 0.1) is 37.1 Å². The number of aromatic nitrogens is 7. The number of rotatable bonds is 11. The fourth-order valence-corrected chi connectivity index (χ4v) is 4.54. The largest absolute Gasteiger partial charge is 0.494 e. The van der Waals surface area contributed by atoms with Crippen LogP contribution in [0.3, 0.4) is 0 Å². The van der Waals surface area contributed by atoms with Crippen molar-refractivity contribution in [1.82, 2.24) is 34.5 Å². The number of hydrogen-bond acceptors (Lipinski definition) is 10. The molecule has 0 fully saturated rings. The van der Waals surface area contributed by atoms with Gasteiger partial charge in [-0.3, -0.25) is 23.9 Å². The van der Waals surface area contributed by atoms with Gasteiger partial charge in [0, 0.05) is 26.0 Å². The quantitative estimate of drug-likeness (QED) is 0.296. The van der Waals surface area contributed by atoms with Gasteiger partial charge in [-0.2, -0.15) is 5.10 Å². The number of aryl methyl sites for hydroxylation is 2. The fourth-order valence-electron chi connectivity index (χ4n) is 3.75. The molecule has 190 valence electrons. The Balaban J connectivity index is 1.72. The van der Waals surface area contributed by atoms with Crippen molar-refractivity contribution in [3.63, 3.8) is 0 Å². The Kier molecular flexibility index (Phi) is 8.06. The molecule has 0 amide bonds. The molecule has 0 radical (unpaired) electrons. The van der Waals surface area contributed by atoms with Gasteiger partial charge in [0.25, 0.3) is 0 Å². The van der Waals surface area contributed by atoms with Gasteiger partial charge >= 0.3 is 0 Å². The third-order valence-corrected chi connectivity index (χ3v) is 6.51. The van der Waals surface area contributed by atoms with Gasteiger partial charge in [0.2, 0.25) is 5.95 Å². The van der Waals surface area contributed by atoms with Crippen LogP contribution in [0.4, 0.5) is 5.95 Å². The summed E-state index contributed by atoms with van der Waals surface area (Å²) in [5.74, 6) is 2.25. The van der Waals surface area contributed by atoms with Crippen LogP contribution in [0.5, 0.6) is 11.5 Å². The van der Waals surface area contributed by atoms with Crippen LogP contribution in [0, 0.1) is 6.92 Å². The summed E-state index contributed by atoms with van der Waals surface area (Å²) in [5.41, 5.74) is 2.94. The van der Waals surface area contributed by atoms with Crippen LogP contribution < -0.4 is 14.2 Å². The van der Waals surface area contributed by atoms with E-state index in [1.54, 1.807) is 33.7 Å². The monoisotopic (exact) mass is 510 g/mol. The SMILES string of the molecule is CCn1ccc(-c2nnc(NSC(C)C(OC)c3cnc(C)cn3)n2-c2c(OC)cccc2OC)n1. The highest BCUT2D eigenvalue weighted by atomic mass is 32.2. The van der Waals surface area contributed by atoms with E-state index < -0.39 is 0 Å². The van der Waals surface area contributed by atoms with E-state index in [-0.39, 0.29) is 11.4 Å². The first kappa shape index (κ1) is 25.5. The summed E-state index contributed by atoms with van der Waals surface area (Å²) in [6.45, 7) is 6.71. The topological polar surface area (TPSA) is 114 Å². The van der Waals surface area contributed by atoms with Gasteiger partial charge < -0.3 is 14.2 Å². The summed E-state index contributed by atoms with van der Waals surface area (Å²) >= 11 is 1.44.